The van der Waals surface area contributed by atoms with Gasteiger partial charge in [0.1, 0.15) is 0 Å². The average Bonchev–Trinajstić information content (AvgIpc) is 2.71. The summed E-state index contributed by atoms with van der Waals surface area (Å²) in [5, 5.41) is 0. The predicted molar refractivity (Wildman–Crippen MR) is 126 cm³/mol. The van der Waals surface area contributed by atoms with Gasteiger partial charge >= 0.3 is 0 Å². The number of nitrogens with zero attached hydrogens (tertiary/aromatic N) is 1. The van der Waals surface area contributed by atoms with Crippen LogP contribution in [-0.4, -0.2) is 33.6 Å². The molecule has 1 unspecified atom stereocenters. The first-order valence-electron chi connectivity index (χ1n) is 10.3. The van der Waals surface area contributed by atoms with Gasteiger partial charge in [-0.1, -0.05) is 30.3 Å². The molecule has 0 radical (unpaired) electrons. The van der Waals surface area contributed by atoms with Crippen molar-refractivity contribution in [2.24, 2.45) is 16.5 Å². The second-order valence-corrected chi connectivity index (χ2v) is 9.52. The Morgan fingerprint density at radius 3 is 2.06 bits per heavy atom. The Kier molecular flexibility index (Phi) is 8.61. The van der Waals surface area contributed by atoms with E-state index in [9.17, 15) is 8.42 Å². The number of benzene rings is 2. The summed E-state index contributed by atoms with van der Waals surface area (Å²) in [6.07, 6.45) is 0.411. The fraction of sp³-hybridized carbons (Fsp3) is 0.435. The minimum Gasteiger partial charge on any atom is -0.375 e. The average molecular weight is 447 g/mol. The SMILES string of the molecule is Cc1c(C)c(C)c(S(=O)(=O)NC(CCN=C(N)N)COCc2ccccc2)c(C)c1C. The van der Waals surface area contributed by atoms with Crippen molar-refractivity contribution in [3.63, 3.8) is 0 Å². The summed E-state index contributed by atoms with van der Waals surface area (Å²) >= 11 is 0. The van der Waals surface area contributed by atoms with E-state index < -0.39 is 16.1 Å². The van der Waals surface area contributed by atoms with E-state index in [1.54, 1.807) is 0 Å². The molecule has 2 aromatic rings. The van der Waals surface area contributed by atoms with Gasteiger partial charge in [0.25, 0.3) is 0 Å². The molecule has 8 heteroatoms. The third-order valence-corrected chi connectivity index (χ3v) is 7.52. The fourth-order valence-corrected chi connectivity index (χ4v) is 5.42. The second-order valence-electron chi connectivity index (χ2n) is 7.87. The van der Waals surface area contributed by atoms with Gasteiger partial charge in [-0.3, -0.25) is 4.99 Å². The van der Waals surface area contributed by atoms with Gasteiger partial charge < -0.3 is 16.2 Å². The maximum Gasteiger partial charge on any atom is 0.241 e. The lowest BCUT2D eigenvalue weighted by atomic mass is 9.95. The molecule has 0 fully saturated rings. The molecule has 0 heterocycles. The molecule has 1 atom stereocenters. The first-order valence-corrected chi connectivity index (χ1v) is 11.8. The molecule has 0 aliphatic heterocycles. The third kappa shape index (κ3) is 6.53. The molecule has 0 saturated carbocycles. The number of nitrogens with two attached hydrogens (primary N) is 2. The largest absolute Gasteiger partial charge is 0.375 e. The zero-order valence-corrected chi connectivity index (χ0v) is 19.8. The van der Waals surface area contributed by atoms with Crippen LogP contribution in [0.25, 0.3) is 0 Å². The van der Waals surface area contributed by atoms with E-state index in [1.807, 2.05) is 65.0 Å². The van der Waals surface area contributed by atoms with Crippen LogP contribution in [0.2, 0.25) is 0 Å². The highest BCUT2D eigenvalue weighted by Crippen LogP contribution is 2.29. The molecule has 5 N–H and O–H groups in total. The zero-order valence-electron chi connectivity index (χ0n) is 19.0. The lowest BCUT2D eigenvalue weighted by Gasteiger charge is -2.23. The standard InChI is InChI=1S/C23H34N4O3S/c1-15-16(2)18(4)22(19(5)17(15)3)31(28,29)27-21(11-12-26-23(24)25)14-30-13-20-9-7-6-8-10-20/h6-10,21,27H,11-14H2,1-5H3,(H4,24,25,26). The van der Waals surface area contributed by atoms with E-state index in [-0.39, 0.29) is 12.6 Å². The van der Waals surface area contributed by atoms with Crippen molar-refractivity contribution in [1.29, 1.82) is 0 Å². The molecular weight excluding hydrogens is 412 g/mol. The summed E-state index contributed by atoms with van der Waals surface area (Å²) in [5.41, 5.74) is 16.5. The molecule has 0 aromatic heterocycles. The van der Waals surface area contributed by atoms with Crippen LogP contribution < -0.4 is 16.2 Å². The number of hydrogen-bond acceptors (Lipinski definition) is 4. The number of nitrogens with one attached hydrogen (secondary N) is 1. The maximum atomic E-state index is 13.4. The Balaban J connectivity index is 2.24. The summed E-state index contributed by atoms with van der Waals surface area (Å²) < 4.78 is 35.4. The van der Waals surface area contributed by atoms with E-state index >= 15 is 0 Å². The van der Waals surface area contributed by atoms with Gasteiger partial charge in [-0.05, 0) is 74.4 Å². The molecule has 31 heavy (non-hydrogen) atoms. The molecule has 0 bridgehead atoms. The quantitative estimate of drug-likeness (QED) is 0.383. The van der Waals surface area contributed by atoms with Gasteiger partial charge in [0.15, 0.2) is 5.96 Å². The van der Waals surface area contributed by atoms with Gasteiger partial charge in [0, 0.05) is 12.6 Å². The van der Waals surface area contributed by atoms with Gasteiger partial charge in [0.05, 0.1) is 18.1 Å². The maximum absolute atomic E-state index is 13.4. The number of guanidine groups is 1. The molecular formula is C23H34N4O3S. The van der Waals surface area contributed by atoms with Crippen molar-refractivity contribution < 1.29 is 13.2 Å². The topological polar surface area (TPSA) is 120 Å². The molecule has 170 valence electrons. The Hall–Kier alpha value is -2.42. The highest BCUT2D eigenvalue weighted by molar-refractivity contribution is 7.89. The van der Waals surface area contributed by atoms with Crippen molar-refractivity contribution in [3.05, 3.63) is 63.7 Å². The Labute approximate surface area is 186 Å². The molecule has 0 aliphatic carbocycles. The third-order valence-electron chi connectivity index (χ3n) is 5.72. The van der Waals surface area contributed by atoms with Crippen molar-refractivity contribution in [3.8, 4) is 0 Å². The van der Waals surface area contributed by atoms with Crippen molar-refractivity contribution in [2.75, 3.05) is 13.2 Å². The normalized spacial score (nSPS) is 12.5. The highest BCUT2D eigenvalue weighted by atomic mass is 32.2. The van der Waals surface area contributed by atoms with E-state index in [0.717, 1.165) is 33.4 Å². The number of ether oxygens (including phenoxy) is 1. The summed E-state index contributed by atoms with van der Waals surface area (Å²) in [4.78, 5) is 4.33. The minimum atomic E-state index is -3.77. The lowest BCUT2D eigenvalue weighted by Crippen LogP contribution is -2.39. The van der Waals surface area contributed by atoms with E-state index in [1.165, 1.54) is 0 Å². The first-order chi connectivity index (χ1) is 14.5. The fourth-order valence-electron chi connectivity index (χ4n) is 3.57. The van der Waals surface area contributed by atoms with E-state index in [2.05, 4.69) is 9.71 Å². The minimum absolute atomic E-state index is 0.0247. The van der Waals surface area contributed by atoms with Crippen LogP contribution in [0.1, 0.15) is 39.8 Å². The molecule has 2 aromatic carbocycles. The van der Waals surface area contributed by atoms with Crippen molar-refractivity contribution in [2.45, 2.75) is 58.6 Å². The summed E-state index contributed by atoms with van der Waals surface area (Å²) in [6.45, 7) is 10.5. The van der Waals surface area contributed by atoms with Crippen molar-refractivity contribution in [1.82, 2.24) is 4.72 Å². The summed E-state index contributed by atoms with van der Waals surface area (Å²) in [6, 6.07) is 9.26. The van der Waals surface area contributed by atoms with Gasteiger partial charge in [0.2, 0.25) is 10.0 Å². The van der Waals surface area contributed by atoms with Crippen LogP contribution in [0, 0.1) is 34.6 Å². The van der Waals surface area contributed by atoms with Crippen LogP contribution in [-0.2, 0) is 21.4 Å². The molecule has 0 spiro atoms. The number of hydrogen-bond donors (Lipinski definition) is 3. The van der Waals surface area contributed by atoms with Crippen LogP contribution >= 0.6 is 0 Å². The molecule has 0 saturated heterocycles. The van der Waals surface area contributed by atoms with Gasteiger partial charge in [-0.2, -0.15) is 0 Å². The second kappa shape index (κ2) is 10.7. The number of aliphatic imine (C=N–C) groups is 1. The van der Waals surface area contributed by atoms with Gasteiger partial charge in [-0.25, -0.2) is 13.1 Å². The Bertz CT molecular complexity index is 1000. The Morgan fingerprint density at radius 2 is 1.52 bits per heavy atom. The molecule has 0 amide bonds. The zero-order chi connectivity index (χ0) is 23.2. The Morgan fingerprint density at radius 1 is 0.968 bits per heavy atom. The molecule has 2 rings (SSSR count). The monoisotopic (exact) mass is 446 g/mol. The first kappa shape index (κ1) is 24.8. The van der Waals surface area contributed by atoms with E-state index in [0.29, 0.717) is 24.5 Å². The van der Waals surface area contributed by atoms with Gasteiger partial charge in [-0.15, -0.1) is 0 Å². The van der Waals surface area contributed by atoms with Crippen LogP contribution in [0.4, 0.5) is 0 Å². The molecule has 7 nitrogen and oxygen atoms in total. The number of rotatable bonds is 10. The predicted octanol–water partition coefficient (Wildman–Crippen LogP) is 2.76. The van der Waals surface area contributed by atoms with Crippen LogP contribution in [0.3, 0.4) is 0 Å². The number of sulfonamides is 1. The van der Waals surface area contributed by atoms with E-state index in [4.69, 9.17) is 16.2 Å². The smallest absolute Gasteiger partial charge is 0.241 e. The summed E-state index contributed by atoms with van der Waals surface area (Å²) in [7, 11) is -3.77. The molecule has 0 aliphatic rings. The van der Waals surface area contributed by atoms with Crippen LogP contribution in [0.5, 0.6) is 0 Å². The summed E-state index contributed by atoms with van der Waals surface area (Å²) in [5.74, 6) is -0.0247. The lowest BCUT2D eigenvalue weighted by molar-refractivity contribution is 0.102. The van der Waals surface area contributed by atoms with Crippen molar-refractivity contribution >= 4 is 16.0 Å². The highest BCUT2D eigenvalue weighted by Gasteiger charge is 2.26. The van der Waals surface area contributed by atoms with Crippen LogP contribution in [0.15, 0.2) is 40.2 Å².